The number of benzene rings is 1. The van der Waals surface area contributed by atoms with Crippen LogP contribution >= 0.6 is 0 Å². The number of nitrogens with zero attached hydrogens (tertiary/aromatic N) is 2. The van der Waals surface area contributed by atoms with Gasteiger partial charge in [0.1, 0.15) is 11.4 Å². The Balaban J connectivity index is 2.52. The summed E-state index contributed by atoms with van der Waals surface area (Å²) < 4.78 is 1.53. The average Bonchev–Trinajstić information content (AvgIpc) is 2.83. The number of phenolic OH excluding ortho intramolecular Hbond substituents is 1. The summed E-state index contributed by atoms with van der Waals surface area (Å²) in [7, 11) is 0. The van der Waals surface area contributed by atoms with Crippen molar-refractivity contribution < 1.29 is 15.0 Å². The monoisotopic (exact) mass is 274 g/mol. The first-order valence-electron chi connectivity index (χ1n) is 6.65. The summed E-state index contributed by atoms with van der Waals surface area (Å²) in [5.41, 5.74) is 2.29. The number of aryl methyl sites for hydroxylation is 2. The van der Waals surface area contributed by atoms with Gasteiger partial charge in [0.05, 0.1) is 0 Å². The molecule has 1 aromatic carbocycles. The van der Waals surface area contributed by atoms with Gasteiger partial charge in [-0.1, -0.05) is 19.4 Å². The predicted molar refractivity (Wildman–Crippen MR) is 75.5 cm³/mol. The van der Waals surface area contributed by atoms with E-state index in [0.29, 0.717) is 5.69 Å². The lowest BCUT2D eigenvalue weighted by Crippen LogP contribution is -2.04. The molecule has 0 atom stereocenters. The number of hydrogen-bond donors (Lipinski definition) is 2. The van der Waals surface area contributed by atoms with E-state index in [0.717, 1.165) is 30.5 Å². The molecule has 0 unspecified atom stereocenters. The van der Waals surface area contributed by atoms with E-state index in [1.807, 2.05) is 6.92 Å². The maximum Gasteiger partial charge on any atom is 0.356 e. The van der Waals surface area contributed by atoms with Crippen LogP contribution < -0.4 is 0 Å². The number of aromatic nitrogens is 2. The minimum atomic E-state index is -1.06. The molecular formula is C15H18N2O3. The summed E-state index contributed by atoms with van der Waals surface area (Å²) in [5.74, 6) is -0.970. The van der Waals surface area contributed by atoms with E-state index < -0.39 is 5.97 Å². The molecule has 0 amide bonds. The molecule has 0 saturated carbocycles. The van der Waals surface area contributed by atoms with Crippen LogP contribution in [0.5, 0.6) is 5.75 Å². The highest BCUT2D eigenvalue weighted by molar-refractivity contribution is 5.85. The van der Waals surface area contributed by atoms with Gasteiger partial charge in [0.2, 0.25) is 0 Å². The molecule has 0 aliphatic heterocycles. The third kappa shape index (κ3) is 2.82. The minimum Gasteiger partial charge on any atom is -0.506 e. The molecule has 2 N–H and O–H groups in total. The zero-order valence-electron chi connectivity index (χ0n) is 11.6. The van der Waals surface area contributed by atoms with Crippen molar-refractivity contribution in [3.63, 3.8) is 0 Å². The van der Waals surface area contributed by atoms with Crippen LogP contribution in [0.3, 0.4) is 0 Å². The first kappa shape index (κ1) is 14.1. The van der Waals surface area contributed by atoms with Crippen LogP contribution in [0.1, 0.15) is 41.5 Å². The topological polar surface area (TPSA) is 75.3 Å². The number of rotatable bonds is 5. The van der Waals surface area contributed by atoms with Crippen LogP contribution in [0.25, 0.3) is 5.69 Å². The van der Waals surface area contributed by atoms with Gasteiger partial charge in [-0.3, -0.25) is 0 Å². The van der Waals surface area contributed by atoms with E-state index in [4.69, 9.17) is 5.11 Å². The van der Waals surface area contributed by atoms with Gasteiger partial charge in [-0.2, -0.15) is 5.10 Å². The Morgan fingerprint density at radius 2 is 2.10 bits per heavy atom. The molecule has 2 aromatic rings. The molecule has 5 heteroatoms. The Hall–Kier alpha value is -2.30. The molecule has 0 fully saturated rings. The van der Waals surface area contributed by atoms with Crippen LogP contribution in [-0.2, 0) is 6.42 Å². The molecule has 0 radical (unpaired) electrons. The largest absolute Gasteiger partial charge is 0.506 e. The quantitative estimate of drug-likeness (QED) is 0.879. The number of unbranched alkanes of at least 4 members (excludes halogenated alkanes) is 1. The maximum atomic E-state index is 11.1. The van der Waals surface area contributed by atoms with Crippen molar-refractivity contribution in [3.05, 3.63) is 41.2 Å². The fourth-order valence-electron chi connectivity index (χ4n) is 2.07. The normalized spacial score (nSPS) is 10.7. The van der Waals surface area contributed by atoms with Gasteiger partial charge < -0.3 is 10.2 Å². The maximum absolute atomic E-state index is 11.1. The average molecular weight is 274 g/mol. The third-order valence-electron chi connectivity index (χ3n) is 3.15. The van der Waals surface area contributed by atoms with E-state index in [2.05, 4.69) is 12.0 Å². The molecule has 1 heterocycles. The number of aromatic hydroxyl groups is 1. The number of carbonyl (C=O) groups is 1. The highest BCUT2D eigenvalue weighted by Gasteiger charge is 2.16. The van der Waals surface area contributed by atoms with Crippen molar-refractivity contribution >= 4 is 5.97 Å². The van der Waals surface area contributed by atoms with E-state index >= 15 is 0 Å². The van der Waals surface area contributed by atoms with Gasteiger partial charge in [0, 0.05) is 5.69 Å². The number of hydrogen-bond acceptors (Lipinski definition) is 3. The molecule has 1 aromatic heterocycles. The van der Waals surface area contributed by atoms with Crippen LogP contribution in [0, 0.1) is 6.92 Å². The number of phenols is 1. The summed E-state index contributed by atoms with van der Waals surface area (Å²) >= 11 is 0. The first-order chi connectivity index (χ1) is 9.52. The lowest BCUT2D eigenvalue weighted by atomic mass is 10.1. The van der Waals surface area contributed by atoms with E-state index in [9.17, 15) is 9.90 Å². The summed E-state index contributed by atoms with van der Waals surface area (Å²) in [6.07, 6.45) is 2.68. The Morgan fingerprint density at radius 1 is 1.35 bits per heavy atom. The van der Waals surface area contributed by atoms with Crippen LogP contribution in [-0.4, -0.2) is 26.0 Å². The summed E-state index contributed by atoms with van der Waals surface area (Å²) in [6, 6.07) is 6.76. The summed E-state index contributed by atoms with van der Waals surface area (Å²) in [4.78, 5) is 11.1. The third-order valence-corrected chi connectivity index (χ3v) is 3.15. The summed E-state index contributed by atoms with van der Waals surface area (Å²) in [5, 5.41) is 23.2. The van der Waals surface area contributed by atoms with Gasteiger partial charge in [-0.25, -0.2) is 9.48 Å². The van der Waals surface area contributed by atoms with Crippen molar-refractivity contribution in [1.82, 2.24) is 9.78 Å². The number of carboxylic acid groups (broad SMARTS) is 1. The Bertz CT molecular complexity index is 632. The molecule has 0 aliphatic carbocycles. The highest BCUT2D eigenvalue weighted by Crippen LogP contribution is 2.25. The van der Waals surface area contributed by atoms with Gasteiger partial charge in [0.25, 0.3) is 0 Å². The van der Waals surface area contributed by atoms with Crippen LogP contribution in [0.2, 0.25) is 0 Å². The minimum absolute atomic E-state index is 0.00277. The van der Waals surface area contributed by atoms with Crippen molar-refractivity contribution in [2.45, 2.75) is 33.1 Å². The molecule has 106 valence electrons. The van der Waals surface area contributed by atoms with E-state index in [1.54, 1.807) is 24.3 Å². The Kier molecular flexibility index (Phi) is 4.08. The molecule has 0 saturated heterocycles. The zero-order valence-corrected chi connectivity index (χ0v) is 11.6. The SMILES string of the molecule is CCCCc1cc(C(=O)O)nn1-c1cc(C)ccc1O. The molecule has 5 nitrogen and oxygen atoms in total. The Morgan fingerprint density at radius 3 is 2.75 bits per heavy atom. The molecule has 0 aliphatic rings. The van der Waals surface area contributed by atoms with Crippen LogP contribution in [0.4, 0.5) is 0 Å². The number of aromatic carboxylic acids is 1. The molecule has 2 rings (SSSR count). The lowest BCUT2D eigenvalue weighted by Gasteiger charge is -2.09. The fraction of sp³-hybridized carbons (Fsp3) is 0.333. The van der Waals surface area contributed by atoms with Gasteiger partial charge in [-0.15, -0.1) is 0 Å². The second-order valence-electron chi connectivity index (χ2n) is 4.83. The second-order valence-corrected chi connectivity index (χ2v) is 4.83. The molecule has 20 heavy (non-hydrogen) atoms. The van der Waals surface area contributed by atoms with Crippen molar-refractivity contribution in [2.75, 3.05) is 0 Å². The van der Waals surface area contributed by atoms with Crippen molar-refractivity contribution in [1.29, 1.82) is 0 Å². The van der Waals surface area contributed by atoms with Gasteiger partial charge in [-0.05, 0) is 43.5 Å². The standard InChI is InChI=1S/C15H18N2O3/c1-3-4-5-11-9-12(15(19)20)16-17(11)13-8-10(2)6-7-14(13)18/h6-9,18H,3-5H2,1-2H3,(H,19,20). The Labute approximate surface area is 117 Å². The van der Waals surface area contributed by atoms with Crippen molar-refractivity contribution in [3.8, 4) is 11.4 Å². The fourth-order valence-corrected chi connectivity index (χ4v) is 2.07. The van der Waals surface area contributed by atoms with Crippen LogP contribution in [0.15, 0.2) is 24.3 Å². The smallest absolute Gasteiger partial charge is 0.356 e. The zero-order chi connectivity index (χ0) is 14.7. The highest BCUT2D eigenvalue weighted by atomic mass is 16.4. The molecular weight excluding hydrogens is 256 g/mol. The van der Waals surface area contributed by atoms with E-state index in [-0.39, 0.29) is 11.4 Å². The molecule has 0 spiro atoms. The second kappa shape index (κ2) is 5.77. The summed E-state index contributed by atoms with van der Waals surface area (Å²) in [6.45, 7) is 3.99. The van der Waals surface area contributed by atoms with E-state index in [1.165, 1.54) is 4.68 Å². The predicted octanol–water partition coefficient (Wildman–Crippen LogP) is 2.93. The van der Waals surface area contributed by atoms with Gasteiger partial charge >= 0.3 is 5.97 Å². The van der Waals surface area contributed by atoms with Crippen molar-refractivity contribution in [2.24, 2.45) is 0 Å². The first-order valence-corrected chi connectivity index (χ1v) is 6.65. The van der Waals surface area contributed by atoms with Gasteiger partial charge in [0.15, 0.2) is 5.69 Å². The number of carboxylic acids is 1. The molecule has 0 bridgehead atoms. The lowest BCUT2D eigenvalue weighted by molar-refractivity contribution is 0.0690.